The molecule has 0 radical (unpaired) electrons. The lowest BCUT2D eigenvalue weighted by Crippen LogP contribution is -2.62. The summed E-state index contributed by atoms with van der Waals surface area (Å²) in [6.07, 6.45) is -12.5. The van der Waals surface area contributed by atoms with Gasteiger partial charge in [-0.1, -0.05) is 23.7 Å². The number of carbonyl (C=O) groups excluding carboxylic acids is 1. The molecule has 0 saturated heterocycles. The lowest BCUT2D eigenvalue weighted by Gasteiger charge is -2.29. The molecule has 0 bridgehead atoms. The second-order valence-corrected chi connectivity index (χ2v) is 4.35. The smallest absolute Gasteiger partial charge is 0.437 e. The topological polar surface area (TPSA) is 46.5 Å². The maximum absolute atomic E-state index is 12.3. The van der Waals surface area contributed by atoms with E-state index in [1.54, 1.807) is 0 Å². The Kier molecular flexibility index (Phi) is 4.79. The Balaban J connectivity index is 2.94. The highest BCUT2D eigenvalue weighted by molar-refractivity contribution is 6.30. The second kappa shape index (κ2) is 5.72. The molecule has 0 fully saturated rings. The molecule has 0 aliphatic rings. The SMILES string of the molecule is O=C(OCc1cccc(Cl)c1)C(O)(C(F)(F)F)C(F)(F)F. The van der Waals surface area contributed by atoms with Crippen LogP contribution >= 0.6 is 11.6 Å². The second-order valence-electron chi connectivity index (χ2n) is 3.91. The van der Waals surface area contributed by atoms with Gasteiger partial charge in [0.15, 0.2) is 0 Å². The summed E-state index contributed by atoms with van der Waals surface area (Å²) in [4.78, 5) is 11.1. The molecule has 0 aromatic heterocycles. The van der Waals surface area contributed by atoms with Gasteiger partial charge in [-0.2, -0.15) is 26.3 Å². The predicted octanol–water partition coefficient (Wildman–Crippen LogP) is 3.24. The number of hydrogen-bond donors (Lipinski definition) is 1. The molecular weight excluding hydrogens is 330 g/mol. The molecule has 0 spiro atoms. The fourth-order valence-electron chi connectivity index (χ4n) is 1.27. The Morgan fingerprint density at radius 2 is 1.67 bits per heavy atom. The number of esters is 1. The van der Waals surface area contributed by atoms with Crippen LogP contribution in [0.15, 0.2) is 24.3 Å². The normalized spacial score (nSPS) is 13.1. The fraction of sp³-hybridized carbons (Fsp3) is 0.364. The van der Waals surface area contributed by atoms with Crippen molar-refractivity contribution in [2.75, 3.05) is 0 Å². The van der Waals surface area contributed by atoms with Crippen molar-refractivity contribution in [1.29, 1.82) is 0 Å². The van der Waals surface area contributed by atoms with E-state index < -0.39 is 30.5 Å². The third kappa shape index (κ3) is 3.59. The zero-order valence-electron chi connectivity index (χ0n) is 9.93. The summed E-state index contributed by atoms with van der Waals surface area (Å²) in [6.45, 7) is -0.909. The third-order valence-corrected chi connectivity index (χ3v) is 2.61. The van der Waals surface area contributed by atoms with Gasteiger partial charge in [-0.05, 0) is 17.7 Å². The van der Waals surface area contributed by atoms with Gasteiger partial charge in [0.2, 0.25) is 0 Å². The van der Waals surface area contributed by atoms with E-state index in [1.165, 1.54) is 24.3 Å². The molecule has 3 nitrogen and oxygen atoms in total. The van der Waals surface area contributed by atoms with Crippen molar-refractivity contribution in [3.8, 4) is 0 Å². The van der Waals surface area contributed by atoms with Gasteiger partial charge < -0.3 is 9.84 Å². The van der Waals surface area contributed by atoms with Crippen LogP contribution in [-0.2, 0) is 16.1 Å². The van der Waals surface area contributed by atoms with Gasteiger partial charge in [-0.3, -0.25) is 0 Å². The zero-order chi connectivity index (χ0) is 16.5. The summed E-state index contributed by atoms with van der Waals surface area (Å²) in [7, 11) is 0. The molecule has 10 heteroatoms. The zero-order valence-corrected chi connectivity index (χ0v) is 10.7. The van der Waals surface area contributed by atoms with E-state index >= 15 is 0 Å². The van der Waals surface area contributed by atoms with E-state index in [0.29, 0.717) is 0 Å². The first kappa shape index (κ1) is 17.6. The van der Waals surface area contributed by atoms with Crippen molar-refractivity contribution in [3.63, 3.8) is 0 Å². The van der Waals surface area contributed by atoms with Gasteiger partial charge in [-0.25, -0.2) is 4.79 Å². The minimum atomic E-state index is -6.27. The predicted molar refractivity (Wildman–Crippen MR) is 58.3 cm³/mol. The minimum absolute atomic E-state index is 0.0579. The summed E-state index contributed by atoms with van der Waals surface area (Å²) in [5.41, 5.74) is -5.53. The summed E-state index contributed by atoms with van der Waals surface area (Å²) >= 11 is 5.55. The number of hydrogen-bond acceptors (Lipinski definition) is 3. The van der Waals surface area contributed by atoms with Gasteiger partial charge in [0.25, 0.3) is 0 Å². The summed E-state index contributed by atoms with van der Waals surface area (Å²) in [5.74, 6) is -2.86. The first-order chi connectivity index (χ1) is 9.39. The van der Waals surface area contributed by atoms with Crippen LogP contribution in [0.2, 0.25) is 5.02 Å². The summed E-state index contributed by atoms with van der Waals surface area (Å²) in [6, 6.07) is 5.19. The summed E-state index contributed by atoms with van der Waals surface area (Å²) < 4.78 is 78.0. The molecule has 0 saturated carbocycles. The highest BCUT2D eigenvalue weighted by Gasteiger charge is 2.76. The van der Waals surface area contributed by atoms with E-state index in [0.717, 1.165) is 0 Å². The largest absolute Gasteiger partial charge is 0.458 e. The standard InChI is InChI=1S/C11H7ClF6O3/c12-7-3-1-2-6(4-7)5-21-8(19)9(20,10(13,14)15)11(16,17)18/h1-4,20H,5H2. The Morgan fingerprint density at radius 1 is 1.14 bits per heavy atom. The number of ether oxygens (including phenoxy) is 1. The molecule has 0 aliphatic carbocycles. The average Bonchev–Trinajstić information content (AvgIpc) is 2.32. The molecule has 1 rings (SSSR count). The van der Waals surface area contributed by atoms with E-state index in [9.17, 15) is 31.1 Å². The van der Waals surface area contributed by atoms with Gasteiger partial charge in [0, 0.05) is 5.02 Å². The van der Waals surface area contributed by atoms with E-state index in [4.69, 9.17) is 16.7 Å². The molecule has 0 atom stereocenters. The third-order valence-electron chi connectivity index (χ3n) is 2.37. The first-order valence-electron chi connectivity index (χ1n) is 5.17. The Bertz CT molecular complexity index is 511. The molecule has 1 aromatic rings. The van der Waals surface area contributed by atoms with E-state index in [1.807, 2.05) is 0 Å². The number of alkyl halides is 6. The van der Waals surface area contributed by atoms with Crippen LogP contribution in [0.4, 0.5) is 26.3 Å². The van der Waals surface area contributed by atoms with E-state index in [-0.39, 0.29) is 10.6 Å². The average molecular weight is 337 g/mol. The lowest BCUT2D eigenvalue weighted by atomic mass is 10.0. The van der Waals surface area contributed by atoms with Crippen LogP contribution < -0.4 is 0 Å². The highest BCUT2D eigenvalue weighted by Crippen LogP contribution is 2.43. The van der Waals surface area contributed by atoms with Crippen LogP contribution in [0.3, 0.4) is 0 Å². The quantitative estimate of drug-likeness (QED) is 0.681. The number of carbonyl (C=O) groups is 1. The lowest BCUT2D eigenvalue weighted by molar-refractivity contribution is -0.357. The molecule has 0 heterocycles. The van der Waals surface area contributed by atoms with Crippen LogP contribution in [0.25, 0.3) is 0 Å². The number of aliphatic hydroxyl groups is 1. The molecule has 118 valence electrons. The highest BCUT2D eigenvalue weighted by atomic mass is 35.5. The molecule has 0 aliphatic heterocycles. The number of halogens is 7. The molecule has 1 N–H and O–H groups in total. The van der Waals surface area contributed by atoms with Crippen molar-refractivity contribution in [1.82, 2.24) is 0 Å². The van der Waals surface area contributed by atoms with Crippen molar-refractivity contribution in [2.45, 2.75) is 24.6 Å². The minimum Gasteiger partial charge on any atom is -0.458 e. The van der Waals surface area contributed by atoms with Crippen LogP contribution in [0.1, 0.15) is 5.56 Å². The Morgan fingerprint density at radius 3 is 2.10 bits per heavy atom. The maximum Gasteiger partial charge on any atom is 0.437 e. The molecule has 0 unspecified atom stereocenters. The van der Waals surface area contributed by atoms with Crippen LogP contribution in [0, 0.1) is 0 Å². The van der Waals surface area contributed by atoms with Crippen LogP contribution in [0.5, 0.6) is 0 Å². The van der Waals surface area contributed by atoms with E-state index in [2.05, 4.69) is 4.74 Å². The monoisotopic (exact) mass is 336 g/mol. The molecule has 1 aromatic carbocycles. The molecule has 0 amide bonds. The van der Waals surface area contributed by atoms with Gasteiger partial charge in [0.05, 0.1) is 0 Å². The first-order valence-corrected chi connectivity index (χ1v) is 5.55. The summed E-state index contributed by atoms with van der Waals surface area (Å²) in [5, 5.41) is 8.88. The maximum atomic E-state index is 12.3. The van der Waals surface area contributed by atoms with Crippen molar-refractivity contribution in [3.05, 3.63) is 34.9 Å². The van der Waals surface area contributed by atoms with Gasteiger partial charge >= 0.3 is 23.9 Å². The van der Waals surface area contributed by atoms with Crippen molar-refractivity contribution in [2.24, 2.45) is 0 Å². The number of rotatable bonds is 3. The molecule has 21 heavy (non-hydrogen) atoms. The Hall–Kier alpha value is -1.48. The molecular formula is C11H7ClF6O3. The van der Waals surface area contributed by atoms with Crippen LogP contribution in [-0.4, -0.2) is 29.0 Å². The van der Waals surface area contributed by atoms with Crippen molar-refractivity contribution < 1.29 is 41.0 Å². The number of benzene rings is 1. The van der Waals surface area contributed by atoms with Crippen molar-refractivity contribution >= 4 is 17.6 Å². The van der Waals surface area contributed by atoms with Gasteiger partial charge in [-0.15, -0.1) is 0 Å². The fourth-order valence-corrected chi connectivity index (χ4v) is 1.49. The van der Waals surface area contributed by atoms with Gasteiger partial charge in [0.1, 0.15) is 6.61 Å². The Labute approximate surface area is 119 Å².